The third-order valence-corrected chi connectivity index (χ3v) is 6.72. The largest absolute Gasteiger partial charge is 0.383 e. The predicted molar refractivity (Wildman–Crippen MR) is 136 cm³/mol. The average Bonchev–Trinajstić information content (AvgIpc) is 2.83. The monoisotopic (exact) mass is 474 g/mol. The second kappa shape index (κ2) is 13.0. The van der Waals surface area contributed by atoms with Crippen LogP contribution in [0.5, 0.6) is 0 Å². The molecule has 1 aromatic carbocycles. The Hall–Kier alpha value is -2.10. The van der Waals surface area contributed by atoms with Gasteiger partial charge in [0.15, 0.2) is 13.1 Å². The van der Waals surface area contributed by atoms with Crippen LogP contribution in [0.1, 0.15) is 5.56 Å². The summed E-state index contributed by atoms with van der Waals surface area (Å²) in [5.41, 5.74) is 4.41. The zero-order valence-corrected chi connectivity index (χ0v) is 21.2. The van der Waals surface area contributed by atoms with Crippen LogP contribution in [0.2, 0.25) is 0 Å². The van der Waals surface area contributed by atoms with Gasteiger partial charge in [0.2, 0.25) is 5.36 Å². The normalized spacial score (nSPS) is 11.4. The lowest BCUT2D eigenvalue weighted by molar-refractivity contribution is 0.170. The van der Waals surface area contributed by atoms with Crippen LogP contribution in [0.3, 0.4) is 0 Å². The van der Waals surface area contributed by atoms with E-state index in [1.54, 1.807) is 39.8 Å². The summed E-state index contributed by atoms with van der Waals surface area (Å²) in [6.45, 7) is 8.06. The molecule has 0 radical (unpaired) electrons. The predicted octanol–water partition coefficient (Wildman–Crippen LogP) is 2.87. The van der Waals surface area contributed by atoms with Crippen LogP contribution >= 0.6 is 11.3 Å². The first kappa shape index (κ1) is 25.5. The van der Waals surface area contributed by atoms with Crippen LogP contribution in [-0.4, -0.2) is 86.0 Å². The third kappa shape index (κ3) is 6.71. The molecule has 0 saturated carbocycles. The van der Waals surface area contributed by atoms with E-state index in [2.05, 4.69) is 46.7 Å². The lowest BCUT2D eigenvalue weighted by Crippen LogP contribution is -2.35. The molecule has 0 spiro atoms. The summed E-state index contributed by atoms with van der Waals surface area (Å²) in [4.78, 5) is 8.47. The van der Waals surface area contributed by atoms with Gasteiger partial charge in [-0.25, -0.2) is 9.56 Å². The van der Waals surface area contributed by atoms with Gasteiger partial charge in [0.1, 0.15) is 13.2 Å². The summed E-state index contributed by atoms with van der Waals surface area (Å²) in [7, 11) is 6.93. The van der Waals surface area contributed by atoms with Crippen LogP contribution < -0.4 is 14.8 Å². The first-order valence-electron chi connectivity index (χ1n) is 11.2. The van der Waals surface area contributed by atoms with Crippen molar-refractivity contribution in [1.29, 1.82) is 0 Å². The molecule has 2 aliphatic rings. The van der Waals surface area contributed by atoms with E-state index in [9.17, 15) is 0 Å². The van der Waals surface area contributed by atoms with Crippen molar-refractivity contribution >= 4 is 27.2 Å². The zero-order chi connectivity index (χ0) is 23.6. The topological polar surface area (TPSA) is 56.1 Å². The van der Waals surface area contributed by atoms with Gasteiger partial charge in [-0.3, -0.25) is 0 Å². The Balaban J connectivity index is 2.08. The first-order chi connectivity index (χ1) is 16.1. The SMILES string of the molecule is COCCN(CCOC)c1cc(C)c2nc3ccc(=[N+](CCOC)CCOC)cc-3sc2c1. The zero-order valence-electron chi connectivity index (χ0n) is 20.4. The highest BCUT2D eigenvalue weighted by atomic mass is 32.1. The Morgan fingerprint density at radius 1 is 0.848 bits per heavy atom. The minimum atomic E-state index is 0.669. The molecular formula is C25H36N3O4S+. The molecule has 0 aromatic heterocycles. The van der Waals surface area contributed by atoms with Crippen LogP contribution in [0, 0.1) is 6.92 Å². The second-order valence-electron chi connectivity index (χ2n) is 7.92. The first-order valence-corrected chi connectivity index (χ1v) is 12.1. The lowest BCUT2D eigenvalue weighted by atomic mass is 10.1. The van der Waals surface area contributed by atoms with Gasteiger partial charge in [-0.1, -0.05) is 0 Å². The van der Waals surface area contributed by atoms with Crippen molar-refractivity contribution in [2.75, 3.05) is 85.9 Å². The van der Waals surface area contributed by atoms with E-state index in [4.69, 9.17) is 23.9 Å². The van der Waals surface area contributed by atoms with Gasteiger partial charge in [0, 0.05) is 59.3 Å². The van der Waals surface area contributed by atoms with E-state index >= 15 is 0 Å². The highest BCUT2D eigenvalue weighted by Gasteiger charge is 2.15. The average molecular weight is 475 g/mol. The van der Waals surface area contributed by atoms with Gasteiger partial charge in [0.05, 0.1) is 34.0 Å². The molecule has 1 heterocycles. The number of nitrogens with zero attached hydrogens (tertiary/aromatic N) is 3. The molecule has 1 aromatic rings. The van der Waals surface area contributed by atoms with Crippen molar-refractivity contribution in [3.8, 4) is 10.6 Å². The van der Waals surface area contributed by atoms with E-state index in [-0.39, 0.29) is 0 Å². The van der Waals surface area contributed by atoms with Gasteiger partial charge >= 0.3 is 0 Å². The number of hydrogen-bond acceptors (Lipinski definition) is 7. The number of aromatic nitrogens is 1. The molecule has 0 atom stereocenters. The minimum Gasteiger partial charge on any atom is -0.383 e. The van der Waals surface area contributed by atoms with Crippen LogP contribution in [0.4, 0.5) is 5.69 Å². The van der Waals surface area contributed by atoms with E-state index in [1.165, 1.54) is 16.0 Å². The van der Waals surface area contributed by atoms with Gasteiger partial charge < -0.3 is 23.8 Å². The third-order valence-electron chi connectivity index (χ3n) is 5.64. The number of fused-ring (bicyclic) bond motifs is 2. The van der Waals surface area contributed by atoms with Crippen molar-refractivity contribution in [1.82, 2.24) is 9.56 Å². The molecule has 0 saturated heterocycles. The number of anilines is 1. The van der Waals surface area contributed by atoms with Gasteiger partial charge in [-0.05, 0) is 30.7 Å². The van der Waals surface area contributed by atoms with Gasteiger partial charge in [-0.15, -0.1) is 11.3 Å². The molecule has 7 nitrogen and oxygen atoms in total. The van der Waals surface area contributed by atoms with E-state index in [0.29, 0.717) is 26.4 Å². The standard InChI is InChI=1S/C25H36N3O4S/c1-19-16-21(28(10-14-31-4)11-15-32-5)18-24-25(19)26-22-7-6-20(17-23(22)33-24)27(8-12-29-2)9-13-30-3/h6-7,16-18H,8-15H2,1-5H3/q+1. The molecule has 0 unspecified atom stereocenters. The fraction of sp³-hybridized carbons (Fsp3) is 0.520. The molecule has 3 rings (SSSR count). The number of benzene rings is 2. The molecule has 0 fully saturated rings. The molecule has 0 amide bonds. The maximum Gasteiger partial charge on any atom is 0.201 e. The van der Waals surface area contributed by atoms with Crippen LogP contribution in [0.15, 0.2) is 30.3 Å². The second-order valence-corrected chi connectivity index (χ2v) is 9.00. The molecule has 8 heteroatoms. The number of methoxy groups -OCH3 is 4. The Morgan fingerprint density at radius 2 is 1.48 bits per heavy atom. The highest BCUT2D eigenvalue weighted by molar-refractivity contribution is 7.21. The van der Waals surface area contributed by atoms with Crippen LogP contribution in [0.25, 0.3) is 20.8 Å². The Morgan fingerprint density at radius 3 is 2.09 bits per heavy atom. The minimum absolute atomic E-state index is 0.669. The van der Waals surface area contributed by atoms with Gasteiger partial charge in [-0.2, -0.15) is 0 Å². The van der Waals surface area contributed by atoms with Crippen molar-refractivity contribution in [3.63, 3.8) is 0 Å². The Kier molecular flexibility index (Phi) is 10.0. The molecule has 0 bridgehead atoms. The lowest BCUT2D eigenvalue weighted by Gasteiger charge is -2.25. The molecular weight excluding hydrogens is 438 g/mol. The van der Waals surface area contributed by atoms with Crippen molar-refractivity contribution in [2.24, 2.45) is 0 Å². The number of ether oxygens (including phenoxy) is 4. The molecule has 1 aliphatic heterocycles. The molecule has 33 heavy (non-hydrogen) atoms. The van der Waals surface area contributed by atoms with Crippen LogP contribution in [-0.2, 0) is 18.9 Å². The summed E-state index contributed by atoms with van der Waals surface area (Å²) in [5, 5.41) is 1.16. The van der Waals surface area contributed by atoms with Crippen molar-refractivity contribution in [3.05, 3.63) is 41.3 Å². The smallest absolute Gasteiger partial charge is 0.201 e. The number of aryl methyl sites for hydroxylation is 1. The fourth-order valence-corrected chi connectivity index (χ4v) is 4.91. The van der Waals surface area contributed by atoms with E-state index in [1.807, 2.05) is 0 Å². The molecule has 180 valence electrons. The quantitative estimate of drug-likeness (QED) is 0.281. The number of rotatable bonds is 13. The maximum atomic E-state index is 5.33. The van der Waals surface area contributed by atoms with E-state index < -0.39 is 0 Å². The summed E-state index contributed by atoms with van der Waals surface area (Å²) >= 11 is 1.78. The number of hydrogen-bond donors (Lipinski definition) is 0. The highest BCUT2D eigenvalue weighted by Crippen LogP contribution is 2.34. The van der Waals surface area contributed by atoms with Gasteiger partial charge in [0.25, 0.3) is 0 Å². The fourth-order valence-electron chi connectivity index (χ4n) is 3.79. The molecule has 0 N–H and O–H groups in total. The van der Waals surface area contributed by atoms with E-state index in [0.717, 1.165) is 47.6 Å². The van der Waals surface area contributed by atoms with Crippen molar-refractivity contribution < 1.29 is 18.9 Å². The summed E-state index contributed by atoms with van der Waals surface area (Å²) in [6.07, 6.45) is 0. The Bertz CT molecular complexity index is 1050. The Labute approximate surface area is 200 Å². The summed E-state index contributed by atoms with van der Waals surface area (Å²) < 4.78 is 24.7. The maximum absolute atomic E-state index is 5.33. The summed E-state index contributed by atoms with van der Waals surface area (Å²) in [6, 6.07) is 10.9. The molecule has 1 aliphatic carbocycles. The summed E-state index contributed by atoms with van der Waals surface area (Å²) in [5.74, 6) is 0. The van der Waals surface area contributed by atoms with Crippen molar-refractivity contribution in [2.45, 2.75) is 6.92 Å².